The Balaban J connectivity index is 1.72. The second-order valence-electron chi connectivity index (χ2n) is 6.85. The minimum absolute atomic E-state index is 0.124. The van der Waals surface area contributed by atoms with Crippen molar-refractivity contribution in [2.24, 2.45) is 10.7 Å². The molecule has 1 aromatic heterocycles. The summed E-state index contributed by atoms with van der Waals surface area (Å²) in [7, 11) is 0. The van der Waals surface area contributed by atoms with Crippen LogP contribution in [0.4, 0.5) is 0 Å². The number of aliphatic imine (C=N–C) groups is 1. The average molecular weight is 463 g/mol. The molecule has 6 nitrogen and oxygen atoms in total. The number of carbonyl (C=O) groups excluding carboxylic acids is 1. The molecule has 0 spiro atoms. The molecule has 0 saturated heterocycles. The maximum absolute atomic E-state index is 13.2. The number of nitrogens with one attached hydrogen (secondary N) is 1. The summed E-state index contributed by atoms with van der Waals surface area (Å²) in [4.78, 5) is 30.8. The Bertz CT molecular complexity index is 1310. The lowest BCUT2D eigenvalue weighted by Crippen LogP contribution is -2.26. The lowest BCUT2D eigenvalue weighted by Gasteiger charge is -2.04. The first-order chi connectivity index (χ1) is 15.5. The first kappa shape index (κ1) is 21.7. The third-order valence-corrected chi connectivity index (χ3v) is 5.97. The molecule has 0 saturated carbocycles. The highest BCUT2D eigenvalue weighted by Gasteiger charge is 2.20. The molecule has 0 aliphatic heterocycles. The molecule has 0 atom stereocenters. The monoisotopic (exact) mass is 462 g/mol. The lowest BCUT2D eigenvalue weighted by atomic mass is 10.2. The molecule has 3 N–H and O–H groups in total. The van der Waals surface area contributed by atoms with Crippen LogP contribution >= 0.6 is 23.4 Å². The topological polar surface area (TPSA) is 93.2 Å². The van der Waals surface area contributed by atoms with E-state index in [1.54, 1.807) is 54.6 Å². The van der Waals surface area contributed by atoms with Gasteiger partial charge in [0, 0.05) is 21.2 Å². The molecule has 32 heavy (non-hydrogen) atoms. The summed E-state index contributed by atoms with van der Waals surface area (Å²) in [5.74, 6) is -0.213. The number of thioether (sulfide) groups is 1. The fourth-order valence-electron chi connectivity index (χ4n) is 3.11. The van der Waals surface area contributed by atoms with Crippen molar-refractivity contribution in [3.05, 3.63) is 117 Å². The first-order valence-electron chi connectivity index (χ1n) is 9.74. The Morgan fingerprint density at radius 1 is 0.969 bits per heavy atom. The van der Waals surface area contributed by atoms with E-state index in [1.165, 1.54) is 16.4 Å². The smallest absolute Gasteiger partial charge is 0.282 e. The summed E-state index contributed by atoms with van der Waals surface area (Å²) in [6.07, 6.45) is 0. The molecule has 4 rings (SSSR count). The highest BCUT2D eigenvalue weighted by Crippen LogP contribution is 2.25. The second-order valence-corrected chi connectivity index (χ2v) is 8.34. The second kappa shape index (κ2) is 9.72. The third kappa shape index (κ3) is 4.85. The zero-order valence-corrected chi connectivity index (χ0v) is 18.4. The van der Waals surface area contributed by atoms with Crippen molar-refractivity contribution >= 4 is 35.1 Å². The Hall–Kier alpha value is -3.55. The van der Waals surface area contributed by atoms with Crippen LogP contribution < -0.4 is 11.3 Å². The molecule has 0 aliphatic rings. The summed E-state index contributed by atoms with van der Waals surface area (Å²) in [6, 6.07) is 25.1. The predicted molar refractivity (Wildman–Crippen MR) is 129 cm³/mol. The van der Waals surface area contributed by atoms with Gasteiger partial charge >= 0.3 is 0 Å². The molecule has 0 aliphatic carbocycles. The van der Waals surface area contributed by atoms with Gasteiger partial charge in [-0.1, -0.05) is 48.0 Å². The number of H-pyrrole nitrogens is 1. The number of amides is 1. The molecular weight excluding hydrogens is 444 g/mol. The summed E-state index contributed by atoms with van der Waals surface area (Å²) >= 11 is 7.47. The number of carbonyl (C=O) groups is 1. The molecule has 0 radical (unpaired) electrons. The van der Waals surface area contributed by atoms with Gasteiger partial charge in [-0.05, 0) is 48.5 Å². The van der Waals surface area contributed by atoms with Crippen molar-refractivity contribution in [2.75, 3.05) is 0 Å². The molecule has 1 amide bonds. The van der Waals surface area contributed by atoms with Crippen molar-refractivity contribution in [2.45, 2.75) is 10.6 Å². The normalized spacial score (nSPS) is 11.5. The van der Waals surface area contributed by atoms with Crippen molar-refractivity contribution in [3.63, 3.8) is 0 Å². The Labute approximate surface area is 193 Å². The van der Waals surface area contributed by atoms with Gasteiger partial charge < -0.3 is 5.73 Å². The Morgan fingerprint density at radius 2 is 1.59 bits per heavy atom. The molecular formula is C24H19ClN4O2S. The maximum Gasteiger partial charge on any atom is 0.282 e. The van der Waals surface area contributed by atoms with E-state index in [-0.39, 0.29) is 17.0 Å². The highest BCUT2D eigenvalue weighted by molar-refractivity contribution is 7.98. The molecule has 0 fully saturated rings. The molecule has 160 valence electrons. The van der Waals surface area contributed by atoms with E-state index in [0.717, 1.165) is 4.90 Å². The summed E-state index contributed by atoms with van der Waals surface area (Å²) in [5.41, 5.74) is 7.62. The quantitative estimate of drug-likeness (QED) is 0.247. The van der Waals surface area contributed by atoms with Gasteiger partial charge in [0.05, 0.1) is 11.4 Å². The average Bonchev–Trinajstić information content (AvgIpc) is 3.16. The number of aromatic nitrogens is 2. The van der Waals surface area contributed by atoms with E-state index in [9.17, 15) is 9.59 Å². The van der Waals surface area contributed by atoms with Crippen LogP contribution in [0.15, 0.2) is 99.6 Å². The van der Waals surface area contributed by atoms with Gasteiger partial charge in [-0.15, -0.1) is 11.8 Å². The SMILES string of the molecule is NC(=NC(=O)c1ccccc1)c1c(CSc2ccc(Cl)cc2)[nH]n(-c2ccccc2)c1=O. The number of amidine groups is 1. The van der Waals surface area contributed by atoms with E-state index in [2.05, 4.69) is 10.1 Å². The number of hydrogen-bond donors (Lipinski definition) is 2. The minimum atomic E-state index is -0.508. The molecule has 0 unspecified atom stereocenters. The van der Waals surface area contributed by atoms with Crippen molar-refractivity contribution < 1.29 is 4.79 Å². The summed E-state index contributed by atoms with van der Waals surface area (Å²) < 4.78 is 1.41. The largest absolute Gasteiger partial charge is 0.383 e. The Morgan fingerprint density at radius 3 is 2.25 bits per heavy atom. The molecule has 0 bridgehead atoms. The number of rotatable bonds is 6. The van der Waals surface area contributed by atoms with Crippen LogP contribution in [0.2, 0.25) is 5.02 Å². The van der Waals surface area contributed by atoms with E-state index in [4.69, 9.17) is 17.3 Å². The number of hydrogen-bond acceptors (Lipinski definition) is 3. The van der Waals surface area contributed by atoms with Gasteiger partial charge in [-0.2, -0.15) is 4.99 Å². The summed E-state index contributed by atoms with van der Waals surface area (Å²) in [5, 5.41) is 3.77. The molecule has 4 aromatic rings. The summed E-state index contributed by atoms with van der Waals surface area (Å²) in [6.45, 7) is 0. The third-order valence-electron chi connectivity index (χ3n) is 4.68. The fourth-order valence-corrected chi connectivity index (χ4v) is 4.08. The number of benzene rings is 3. The van der Waals surface area contributed by atoms with Crippen LogP contribution in [0, 0.1) is 0 Å². The van der Waals surface area contributed by atoms with Gasteiger partial charge in [-0.25, -0.2) is 4.68 Å². The van der Waals surface area contributed by atoms with Gasteiger partial charge in [-0.3, -0.25) is 14.7 Å². The van der Waals surface area contributed by atoms with Gasteiger partial charge in [0.15, 0.2) is 0 Å². The zero-order valence-electron chi connectivity index (χ0n) is 16.9. The van der Waals surface area contributed by atoms with E-state index in [0.29, 0.717) is 27.7 Å². The van der Waals surface area contributed by atoms with E-state index >= 15 is 0 Å². The fraction of sp³-hybridized carbons (Fsp3) is 0.0417. The van der Waals surface area contributed by atoms with Crippen molar-refractivity contribution in [3.8, 4) is 5.69 Å². The van der Waals surface area contributed by atoms with Crippen LogP contribution in [0.25, 0.3) is 5.69 Å². The van der Waals surface area contributed by atoms with E-state index < -0.39 is 5.91 Å². The van der Waals surface area contributed by atoms with Crippen LogP contribution in [0.1, 0.15) is 21.6 Å². The number of halogens is 1. The Kier molecular flexibility index (Phi) is 6.58. The predicted octanol–water partition coefficient (Wildman–Crippen LogP) is 4.66. The minimum Gasteiger partial charge on any atom is -0.383 e. The van der Waals surface area contributed by atoms with Crippen LogP contribution in [-0.2, 0) is 5.75 Å². The van der Waals surface area contributed by atoms with Gasteiger partial charge in [0.25, 0.3) is 11.5 Å². The maximum atomic E-state index is 13.2. The number of aromatic amines is 1. The van der Waals surface area contributed by atoms with Gasteiger partial charge in [0.2, 0.25) is 0 Å². The molecule has 1 heterocycles. The standard InChI is InChI=1S/C24H19ClN4O2S/c25-17-11-13-19(14-12-17)32-15-20-21(22(26)27-23(30)16-7-3-1-4-8-16)24(31)29(28-20)18-9-5-2-6-10-18/h1-14,28H,15H2,(H2,26,27,30). The first-order valence-corrected chi connectivity index (χ1v) is 11.1. The van der Waals surface area contributed by atoms with Gasteiger partial charge in [0.1, 0.15) is 11.4 Å². The number of nitrogens with zero attached hydrogens (tertiary/aromatic N) is 2. The van der Waals surface area contributed by atoms with E-state index in [1.807, 2.05) is 30.3 Å². The molecule has 3 aromatic carbocycles. The zero-order chi connectivity index (χ0) is 22.5. The van der Waals surface area contributed by atoms with Crippen molar-refractivity contribution in [1.29, 1.82) is 0 Å². The van der Waals surface area contributed by atoms with Crippen LogP contribution in [-0.4, -0.2) is 21.5 Å². The highest BCUT2D eigenvalue weighted by atomic mass is 35.5. The lowest BCUT2D eigenvalue weighted by molar-refractivity contribution is 0.100. The van der Waals surface area contributed by atoms with Crippen LogP contribution in [0.3, 0.4) is 0 Å². The van der Waals surface area contributed by atoms with Crippen LogP contribution in [0.5, 0.6) is 0 Å². The number of nitrogens with two attached hydrogens (primary N) is 1. The molecule has 8 heteroatoms. The number of para-hydroxylation sites is 1. The van der Waals surface area contributed by atoms with Crippen molar-refractivity contribution in [1.82, 2.24) is 9.78 Å².